The van der Waals surface area contributed by atoms with E-state index in [-0.39, 0.29) is 24.1 Å². The molecule has 4 N–H and O–H groups in total. The van der Waals surface area contributed by atoms with Crippen molar-refractivity contribution in [1.29, 1.82) is 0 Å². The Morgan fingerprint density at radius 3 is 2.94 bits per heavy atom. The molecule has 5 heteroatoms. The van der Waals surface area contributed by atoms with E-state index in [0.29, 0.717) is 19.6 Å². The predicted octanol–water partition coefficient (Wildman–Crippen LogP) is 0.415. The zero-order valence-electron chi connectivity index (χ0n) is 10.6. The fourth-order valence-electron chi connectivity index (χ4n) is 1.64. The Hall–Kier alpha value is -1.59. The predicted molar refractivity (Wildman–Crippen MR) is 69.3 cm³/mol. The fourth-order valence-corrected chi connectivity index (χ4v) is 1.64. The van der Waals surface area contributed by atoms with Crippen molar-refractivity contribution in [2.75, 3.05) is 20.3 Å². The van der Waals surface area contributed by atoms with Gasteiger partial charge in [-0.15, -0.1) is 0 Å². The highest BCUT2D eigenvalue weighted by Gasteiger charge is 2.11. The Morgan fingerprint density at radius 2 is 2.33 bits per heavy atom. The molecule has 1 amide bonds. The summed E-state index contributed by atoms with van der Waals surface area (Å²) in [6.45, 7) is 0.948. The minimum Gasteiger partial charge on any atom is -0.508 e. The normalized spacial score (nSPS) is 12.1. The van der Waals surface area contributed by atoms with E-state index < -0.39 is 0 Å². The second-order valence-corrected chi connectivity index (χ2v) is 4.13. The molecule has 1 unspecified atom stereocenters. The molecule has 0 aliphatic heterocycles. The summed E-state index contributed by atoms with van der Waals surface area (Å²) in [5.41, 5.74) is 6.34. The number of amides is 1. The Kier molecular flexibility index (Phi) is 6.18. The van der Waals surface area contributed by atoms with Crippen LogP contribution < -0.4 is 11.1 Å². The van der Waals surface area contributed by atoms with E-state index in [1.165, 1.54) is 0 Å². The van der Waals surface area contributed by atoms with Crippen LogP contribution in [-0.2, 0) is 16.0 Å². The Labute approximate surface area is 107 Å². The van der Waals surface area contributed by atoms with Gasteiger partial charge in [-0.05, 0) is 24.1 Å². The maximum Gasteiger partial charge on any atom is 0.224 e. The lowest BCUT2D eigenvalue weighted by atomic mass is 10.1. The van der Waals surface area contributed by atoms with Crippen molar-refractivity contribution in [2.45, 2.75) is 18.9 Å². The monoisotopic (exact) mass is 252 g/mol. The van der Waals surface area contributed by atoms with Crippen molar-refractivity contribution < 1.29 is 14.6 Å². The van der Waals surface area contributed by atoms with E-state index in [0.717, 1.165) is 5.56 Å². The summed E-state index contributed by atoms with van der Waals surface area (Å²) in [4.78, 5) is 11.8. The molecule has 0 heterocycles. The molecule has 0 radical (unpaired) electrons. The van der Waals surface area contributed by atoms with Crippen molar-refractivity contribution in [3.8, 4) is 5.75 Å². The molecule has 5 nitrogen and oxygen atoms in total. The van der Waals surface area contributed by atoms with E-state index >= 15 is 0 Å². The maximum absolute atomic E-state index is 11.8. The second-order valence-electron chi connectivity index (χ2n) is 4.13. The average Bonchev–Trinajstić information content (AvgIpc) is 2.34. The summed E-state index contributed by atoms with van der Waals surface area (Å²) in [7, 11) is 1.61. The topological polar surface area (TPSA) is 84.6 Å². The Morgan fingerprint density at radius 1 is 1.56 bits per heavy atom. The molecule has 1 aromatic rings. The first-order valence-corrected chi connectivity index (χ1v) is 5.92. The van der Waals surface area contributed by atoms with E-state index in [9.17, 15) is 9.90 Å². The van der Waals surface area contributed by atoms with E-state index in [1.807, 2.05) is 0 Å². The molecule has 0 bridgehead atoms. The highest BCUT2D eigenvalue weighted by molar-refractivity contribution is 5.79. The quantitative estimate of drug-likeness (QED) is 0.656. The SMILES string of the molecule is COCCC(CN)NC(=O)Cc1cccc(O)c1. The molecule has 100 valence electrons. The number of nitrogens with two attached hydrogens (primary N) is 1. The molecule has 1 rings (SSSR count). The van der Waals surface area contributed by atoms with Gasteiger partial charge >= 0.3 is 0 Å². The number of aromatic hydroxyl groups is 1. The number of phenolic OH excluding ortho intramolecular Hbond substituents is 1. The number of carbonyl (C=O) groups is 1. The van der Waals surface area contributed by atoms with Gasteiger partial charge < -0.3 is 20.9 Å². The van der Waals surface area contributed by atoms with Gasteiger partial charge in [-0.3, -0.25) is 4.79 Å². The van der Waals surface area contributed by atoms with Gasteiger partial charge in [-0.25, -0.2) is 0 Å². The molecule has 0 saturated carbocycles. The van der Waals surface area contributed by atoms with Crippen molar-refractivity contribution in [1.82, 2.24) is 5.32 Å². The van der Waals surface area contributed by atoms with Crippen molar-refractivity contribution >= 4 is 5.91 Å². The van der Waals surface area contributed by atoms with Gasteiger partial charge in [0.25, 0.3) is 0 Å². The molecule has 1 aromatic carbocycles. The average molecular weight is 252 g/mol. The summed E-state index contributed by atoms with van der Waals surface area (Å²) in [6, 6.07) is 6.58. The van der Waals surface area contributed by atoms with Crippen LogP contribution in [-0.4, -0.2) is 37.3 Å². The van der Waals surface area contributed by atoms with Crippen LogP contribution in [0.3, 0.4) is 0 Å². The fraction of sp³-hybridized carbons (Fsp3) is 0.462. The minimum absolute atomic E-state index is 0.0743. The van der Waals surface area contributed by atoms with E-state index in [4.69, 9.17) is 10.5 Å². The molecule has 18 heavy (non-hydrogen) atoms. The van der Waals surface area contributed by atoms with E-state index in [1.54, 1.807) is 31.4 Å². The maximum atomic E-state index is 11.8. The highest BCUT2D eigenvalue weighted by Crippen LogP contribution is 2.11. The third kappa shape index (κ3) is 5.16. The third-order valence-corrected chi connectivity index (χ3v) is 2.60. The van der Waals surface area contributed by atoms with Crippen LogP contribution in [0, 0.1) is 0 Å². The molecule has 0 aromatic heterocycles. The van der Waals surface area contributed by atoms with Crippen LogP contribution in [0.1, 0.15) is 12.0 Å². The van der Waals surface area contributed by atoms with Gasteiger partial charge in [0.1, 0.15) is 5.75 Å². The number of ether oxygens (including phenoxy) is 1. The van der Waals surface area contributed by atoms with Crippen LogP contribution in [0.2, 0.25) is 0 Å². The smallest absolute Gasteiger partial charge is 0.224 e. The minimum atomic E-state index is -0.104. The second kappa shape index (κ2) is 7.68. The Balaban J connectivity index is 2.45. The summed E-state index contributed by atoms with van der Waals surface area (Å²) >= 11 is 0. The zero-order chi connectivity index (χ0) is 13.4. The number of benzene rings is 1. The Bertz CT molecular complexity index is 382. The molecular weight excluding hydrogens is 232 g/mol. The van der Waals surface area contributed by atoms with Crippen molar-refractivity contribution in [3.63, 3.8) is 0 Å². The van der Waals surface area contributed by atoms with Gasteiger partial charge in [0.2, 0.25) is 5.91 Å². The number of rotatable bonds is 7. The lowest BCUT2D eigenvalue weighted by Gasteiger charge is -2.16. The summed E-state index contributed by atoms with van der Waals surface area (Å²) in [5.74, 6) is 0.0576. The largest absolute Gasteiger partial charge is 0.508 e. The lowest BCUT2D eigenvalue weighted by molar-refractivity contribution is -0.121. The third-order valence-electron chi connectivity index (χ3n) is 2.60. The molecule has 0 saturated heterocycles. The van der Waals surface area contributed by atoms with Crippen LogP contribution in [0.15, 0.2) is 24.3 Å². The first kappa shape index (κ1) is 14.5. The van der Waals surface area contributed by atoms with Gasteiger partial charge in [0, 0.05) is 26.3 Å². The molecule has 0 aliphatic carbocycles. The van der Waals surface area contributed by atoms with Crippen LogP contribution >= 0.6 is 0 Å². The molecule has 0 aliphatic rings. The number of phenols is 1. The zero-order valence-corrected chi connectivity index (χ0v) is 10.6. The number of methoxy groups -OCH3 is 1. The number of nitrogens with one attached hydrogen (secondary N) is 1. The van der Waals surface area contributed by atoms with Gasteiger partial charge in [0.05, 0.1) is 6.42 Å². The van der Waals surface area contributed by atoms with Gasteiger partial charge in [-0.2, -0.15) is 0 Å². The van der Waals surface area contributed by atoms with Crippen LogP contribution in [0.4, 0.5) is 0 Å². The molecular formula is C13H20N2O3. The van der Waals surface area contributed by atoms with Crippen LogP contribution in [0.25, 0.3) is 0 Å². The number of hydrogen-bond donors (Lipinski definition) is 3. The number of hydrogen-bond acceptors (Lipinski definition) is 4. The van der Waals surface area contributed by atoms with Crippen LogP contribution in [0.5, 0.6) is 5.75 Å². The first-order valence-electron chi connectivity index (χ1n) is 5.92. The summed E-state index contributed by atoms with van der Waals surface area (Å²) in [5, 5.41) is 12.1. The first-order chi connectivity index (χ1) is 8.65. The van der Waals surface area contributed by atoms with Crippen molar-refractivity contribution in [3.05, 3.63) is 29.8 Å². The van der Waals surface area contributed by atoms with Crippen molar-refractivity contribution in [2.24, 2.45) is 5.73 Å². The van der Waals surface area contributed by atoms with Gasteiger partial charge in [-0.1, -0.05) is 12.1 Å². The number of carbonyl (C=O) groups excluding carboxylic acids is 1. The summed E-state index contributed by atoms with van der Waals surface area (Å²) < 4.78 is 4.95. The summed E-state index contributed by atoms with van der Waals surface area (Å²) in [6.07, 6.45) is 0.927. The highest BCUT2D eigenvalue weighted by atomic mass is 16.5. The molecule has 0 spiro atoms. The lowest BCUT2D eigenvalue weighted by Crippen LogP contribution is -2.41. The van der Waals surface area contributed by atoms with E-state index in [2.05, 4.69) is 5.32 Å². The van der Waals surface area contributed by atoms with Gasteiger partial charge in [0.15, 0.2) is 0 Å². The molecule has 0 fully saturated rings. The molecule has 1 atom stereocenters. The standard InChI is InChI=1S/C13H20N2O3/c1-18-6-5-11(9-14)15-13(17)8-10-3-2-4-12(16)7-10/h2-4,7,11,16H,5-6,8-9,14H2,1H3,(H,15,17).